The van der Waals surface area contributed by atoms with Gasteiger partial charge in [-0.25, -0.2) is 13.6 Å². The number of primary sulfonamides is 1. The van der Waals surface area contributed by atoms with E-state index in [4.69, 9.17) is 33.1 Å². The van der Waals surface area contributed by atoms with Gasteiger partial charge in [-0.2, -0.15) is 5.10 Å². The number of hydrogen-bond donors (Lipinski definition) is 1. The molecule has 2 rings (SSSR count). The summed E-state index contributed by atoms with van der Waals surface area (Å²) in [5.74, 6) is 0.204. The van der Waals surface area contributed by atoms with E-state index in [1.165, 1.54) is 12.1 Å². The number of ether oxygens (including phenoxy) is 1. The van der Waals surface area contributed by atoms with Gasteiger partial charge in [-0.05, 0) is 19.1 Å². The van der Waals surface area contributed by atoms with E-state index < -0.39 is 10.0 Å². The van der Waals surface area contributed by atoms with Crippen molar-refractivity contribution in [1.29, 1.82) is 0 Å². The summed E-state index contributed by atoms with van der Waals surface area (Å²) in [6, 6.07) is 2.40. The van der Waals surface area contributed by atoms with Crippen LogP contribution in [0.4, 0.5) is 0 Å². The van der Waals surface area contributed by atoms with Crippen molar-refractivity contribution in [2.45, 2.75) is 25.0 Å². The molecule has 0 saturated carbocycles. The first-order valence-electron chi connectivity index (χ1n) is 5.97. The Bertz CT molecular complexity index is 736. The van der Waals surface area contributed by atoms with Gasteiger partial charge < -0.3 is 4.74 Å². The molecule has 6 nitrogen and oxygen atoms in total. The van der Waals surface area contributed by atoms with E-state index in [9.17, 15) is 8.42 Å². The Morgan fingerprint density at radius 3 is 2.43 bits per heavy atom. The summed E-state index contributed by atoms with van der Waals surface area (Å²) in [5, 5.41) is 9.30. The number of rotatable bonds is 5. The first-order chi connectivity index (χ1) is 9.81. The lowest BCUT2D eigenvalue weighted by atomic mass is 10.3. The second-order valence-corrected chi connectivity index (χ2v) is 6.63. The van der Waals surface area contributed by atoms with Crippen molar-refractivity contribution in [3.05, 3.63) is 40.1 Å². The Hall–Kier alpha value is -1.28. The quantitative estimate of drug-likeness (QED) is 0.897. The fraction of sp³-hybridized carbons (Fsp3) is 0.250. The molecule has 0 aliphatic rings. The van der Waals surface area contributed by atoms with Gasteiger partial charge in [0, 0.05) is 18.3 Å². The van der Waals surface area contributed by atoms with Crippen molar-refractivity contribution in [3.63, 3.8) is 0 Å². The zero-order chi connectivity index (χ0) is 15.6. The fourth-order valence-corrected chi connectivity index (χ4v) is 2.94. The maximum atomic E-state index is 11.3. The Labute approximate surface area is 132 Å². The molecule has 2 aromatic rings. The highest BCUT2D eigenvalue weighted by Crippen LogP contribution is 2.35. The second kappa shape index (κ2) is 6.23. The summed E-state index contributed by atoms with van der Waals surface area (Å²) in [4.78, 5) is -0.163. The van der Waals surface area contributed by atoms with Crippen LogP contribution in [-0.4, -0.2) is 18.2 Å². The number of hydrogen-bond acceptors (Lipinski definition) is 4. The topological polar surface area (TPSA) is 87.2 Å². The molecular weight excluding hydrogens is 337 g/mol. The molecule has 114 valence electrons. The van der Waals surface area contributed by atoms with E-state index in [1.807, 2.05) is 13.1 Å². The van der Waals surface area contributed by atoms with Crippen LogP contribution in [0.5, 0.6) is 5.75 Å². The number of nitrogens with zero attached hydrogens (tertiary/aromatic N) is 2. The van der Waals surface area contributed by atoms with Crippen molar-refractivity contribution >= 4 is 33.2 Å². The molecule has 9 heteroatoms. The lowest BCUT2D eigenvalue weighted by molar-refractivity contribution is 0.306. The lowest BCUT2D eigenvalue weighted by Gasteiger charge is -2.10. The van der Waals surface area contributed by atoms with Gasteiger partial charge in [0.15, 0.2) is 5.75 Å². The third kappa shape index (κ3) is 3.88. The molecule has 1 aromatic heterocycles. The molecule has 0 radical (unpaired) electrons. The number of aromatic nitrogens is 2. The van der Waals surface area contributed by atoms with Crippen molar-refractivity contribution in [2.75, 3.05) is 0 Å². The molecule has 0 unspecified atom stereocenters. The van der Waals surface area contributed by atoms with Crippen LogP contribution in [0, 0.1) is 0 Å². The van der Waals surface area contributed by atoms with Crippen LogP contribution in [0.1, 0.15) is 12.5 Å². The third-order valence-corrected chi connectivity index (χ3v) is 4.15. The van der Waals surface area contributed by atoms with Crippen LogP contribution < -0.4 is 9.88 Å². The summed E-state index contributed by atoms with van der Waals surface area (Å²) >= 11 is 12.0. The first-order valence-corrected chi connectivity index (χ1v) is 8.27. The lowest BCUT2D eigenvalue weighted by Crippen LogP contribution is -2.12. The molecule has 21 heavy (non-hydrogen) atoms. The number of benzene rings is 1. The molecule has 1 heterocycles. The van der Waals surface area contributed by atoms with E-state index in [-0.39, 0.29) is 27.3 Å². The van der Waals surface area contributed by atoms with Crippen LogP contribution >= 0.6 is 23.2 Å². The number of sulfonamides is 1. The molecule has 0 aliphatic heterocycles. The van der Waals surface area contributed by atoms with Crippen LogP contribution in [-0.2, 0) is 23.2 Å². The van der Waals surface area contributed by atoms with Gasteiger partial charge in [-0.3, -0.25) is 4.68 Å². The van der Waals surface area contributed by atoms with Crippen molar-refractivity contribution < 1.29 is 13.2 Å². The molecule has 0 amide bonds. The first kappa shape index (κ1) is 16.1. The average Bonchev–Trinajstić information content (AvgIpc) is 2.84. The average molecular weight is 350 g/mol. The molecule has 0 aliphatic carbocycles. The normalized spacial score (nSPS) is 11.6. The van der Waals surface area contributed by atoms with Gasteiger partial charge in [0.05, 0.1) is 21.1 Å². The van der Waals surface area contributed by atoms with Gasteiger partial charge in [0.25, 0.3) is 0 Å². The van der Waals surface area contributed by atoms with Gasteiger partial charge in [0.1, 0.15) is 6.61 Å². The summed E-state index contributed by atoms with van der Waals surface area (Å²) < 4.78 is 29.8. The predicted molar refractivity (Wildman–Crippen MR) is 80.1 cm³/mol. The van der Waals surface area contributed by atoms with Crippen molar-refractivity contribution in [1.82, 2.24) is 9.78 Å². The Morgan fingerprint density at radius 2 is 1.95 bits per heavy atom. The molecule has 0 atom stereocenters. The van der Waals surface area contributed by atoms with Crippen LogP contribution in [0.15, 0.2) is 29.4 Å². The molecular formula is C12H13Cl2N3O3S. The van der Waals surface area contributed by atoms with Gasteiger partial charge >= 0.3 is 0 Å². The maximum absolute atomic E-state index is 11.3. The standard InChI is InChI=1S/C12H13Cl2N3O3S/c1-2-17-6-8(5-16-17)7-20-12-10(13)3-9(4-11(12)14)21(15,18)19/h3-6H,2,7H2,1H3,(H2,15,18,19). The highest BCUT2D eigenvalue weighted by molar-refractivity contribution is 7.89. The van der Waals surface area contributed by atoms with E-state index in [1.54, 1.807) is 10.9 Å². The molecule has 1 aromatic carbocycles. The zero-order valence-electron chi connectivity index (χ0n) is 11.1. The summed E-state index contributed by atoms with van der Waals surface area (Å²) in [6.45, 7) is 2.94. The minimum absolute atomic E-state index is 0.0782. The molecule has 0 fully saturated rings. The van der Waals surface area contributed by atoms with E-state index in [0.29, 0.717) is 0 Å². The SMILES string of the molecule is CCn1cc(COc2c(Cl)cc(S(N)(=O)=O)cc2Cl)cn1. The zero-order valence-corrected chi connectivity index (χ0v) is 13.4. The van der Waals surface area contributed by atoms with Crippen molar-refractivity contribution in [2.24, 2.45) is 5.14 Å². The van der Waals surface area contributed by atoms with Gasteiger partial charge in [-0.1, -0.05) is 23.2 Å². The Morgan fingerprint density at radius 1 is 1.33 bits per heavy atom. The minimum Gasteiger partial charge on any atom is -0.486 e. The van der Waals surface area contributed by atoms with E-state index in [2.05, 4.69) is 5.10 Å². The Kier molecular flexibility index (Phi) is 4.77. The van der Waals surface area contributed by atoms with E-state index >= 15 is 0 Å². The maximum Gasteiger partial charge on any atom is 0.238 e. The smallest absolute Gasteiger partial charge is 0.238 e. The monoisotopic (exact) mass is 349 g/mol. The molecule has 0 bridgehead atoms. The van der Waals surface area contributed by atoms with Gasteiger partial charge in [-0.15, -0.1) is 0 Å². The fourth-order valence-electron chi connectivity index (χ4n) is 1.65. The van der Waals surface area contributed by atoms with Crippen molar-refractivity contribution in [3.8, 4) is 5.75 Å². The number of nitrogens with two attached hydrogens (primary N) is 1. The molecule has 0 spiro atoms. The molecule has 2 N–H and O–H groups in total. The van der Waals surface area contributed by atoms with Crippen LogP contribution in [0.3, 0.4) is 0 Å². The highest BCUT2D eigenvalue weighted by Gasteiger charge is 2.16. The highest BCUT2D eigenvalue weighted by atomic mass is 35.5. The predicted octanol–water partition coefficient (Wildman–Crippen LogP) is 2.44. The second-order valence-electron chi connectivity index (χ2n) is 4.25. The third-order valence-electron chi connectivity index (χ3n) is 2.69. The summed E-state index contributed by atoms with van der Waals surface area (Å²) in [5.41, 5.74) is 0.847. The largest absolute Gasteiger partial charge is 0.486 e. The van der Waals surface area contributed by atoms with Crippen LogP contribution in [0.25, 0.3) is 0 Å². The summed E-state index contributed by atoms with van der Waals surface area (Å²) in [6.07, 6.45) is 3.50. The van der Waals surface area contributed by atoms with E-state index in [0.717, 1.165) is 12.1 Å². The molecule has 0 saturated heterocycles. The van der Waals surface area contributed by atoms with Crippen LogP contribution in [0.2, 0.25) is 10.0 Å². The summed E-state index contributed by atoms with van der Waals surface area (Å²) in [7, 11) is -3.87. The Balaban J connectivity index is 2.21. The minimum atomic E-state index is -3.87. The number of aryl methyl sites for hydroxylation is 1. The number of halogens is 2. The van der Waals surface area contributed by atoms with Gasteiger partial charge in [0.2, 0.25) is 10.0 Å².